The summed E-state index contributed by atoms with van der Waals surface area (Å²) in [7, 11) is 0. The number of rotatable bonds is 11. The molecule has 2 aliphatic carbocycles. The monoisotopic (exact) mass is 642 g/mol. The molecule has 0 aliphatic heterocycles. The number of aliphatic carboxylic acids is 2. The molecule has 0 spiro atoms. The first-order chi connectivity index (χ1) is 20.8. The Balaban J connectivity index is 0.000000244. The first-order valence-electron chi connectivity index (χ1n) is 15.2. The fourth-order valence-corrected chi connectivity index (χ4v) is 7.18. The van der Waals surface area contributed by atoms with E-state index in [9.17, 15) is 19.2 Å². The van der Waals surface area contributed by atoms with Crippen LogP contribution in [0.5, 0.6) is 0 Å². The van der Waals surface area contributed by atoms with E-state index in [1.807, 2.05) is 24.3 Å². The van der Waals surface area contributed by atoms with Crippen LogP contribution >= 0.6 is 24.4 Å². The van der Waals surface area contributed by atoms with Gasteiger partial charge < -0.3 is 20.8 Å². The first-order valence-corrected chi connectivity index (χ1v) is 16.8. The Morgan fingerprint density at radius 2 is 1.16 bits per heavy atom. The van der Waals surface area contributed by atoms with Crippen molar-refractivity contribution >= 4 is 48.1 Å². The molecule has 0 saturated heterocycles. The van der Waals surface area contributed by atoms with Gasteiger partial charge >= 0.3 is 11.9 Å². The number of carboxylic acids is 2. The number of nitrogens with one attached hydrogen (secondary N) is 2. The molecule has 0 radical (unpaired) electrons. The third-order valence-electron chi connectivity index (χ3n) is 8.34. The zero-order valence-corrected chi connectivity index (χ0v) is 27.7. The van der Waals surface area contributed by atoms with E-state index >= 15 is 0 Å². The van der Waals surface area contributed by atoms with E-state index in [-0.39, 0.29) is 42.5 Å². The van der Waals surface area contributed by atoms with Crippen molar-refractivity contribution in [2.75, 3.05) is 24.6 Å². The van der Waals surface area contributed by atoms with Crippen molar-refractivity contribution in [1.82, 2.24) is 10.6 Å². The number of benzene rings is 2. The number of aryl methyl sites for hydroxylation is 2. The van der Waals surface area contributed by atoms with E-state index in [0.717, 1.165) is 37.9 Å². The normalized spacial score (nSPS) is 20.6. The number of thiol groups is 1. The maximum Gasteiger partial charge on any atom is 0.305 e. The average molecular weight is 643 g/mol. The summed E-state index contributed by atoms with van der Waals surface area (Å²) >= 11 is 6.17. The number of thioether (sulfide) groups is 1. The third-order valence-corrected chi connectivity index (χ3v) is 10.5. The van der Waals surface area contributed by atoms with Gasteiger partial charge in [-0.1, -0.05) is 69.3 Å². The molecular formula is C34H46N2O6S2. The molecule has 0 heterocycles. The van der Waals surface area contributed by atoms with Gasteiger partial charge in [0.05, 0.1) is 23.7 Å². The minimum absolute atomic E-state index is 0.00463. The zero-order chi connectivity index (χ0) is 32.4. The molecule has 2 amide bonds. The van der Waals surface area contributed by atoms with E-state index in [0.29, 0.717) is 12.2 Å². The zero-order valence-electron chi connectivity index (χ0n) is 26.0. The smallest absolute Gasteiger partial charge is 0.305 e. The largest absolute Gasteiger partial charge is 0.481 e. The molecule has 4 N–H and O–H groups in total. The topological polar surface area (TPSA) is 133 Å². The lowest BCUT2D eigenvalue weighted by Gasteiger charge is -2.38. The number of fused-ring (bicyclic) bond motifs is 2. The first kappa shape index (κ1) is 35.5. The van der Waals surface area contributed by atoms with Crippen molar-refractivity contribution in [3.8, 4) is 0 Å². The molecule has 4 rings (SSSR count). The predicted molar refractivity (Wildman–Crippen MR) is 178 cm³/mol. The van der Waals surface area contributed by atoms with Gasteiger partial charge in [0, 0.05) is 29.3 Å². The second kappa shape index (κ2) is 15.8. The molecule has 2 aromatic carbocycles. The summed E-state index contributed by atoms with van der Waals surface area (Å²) in [6.07, 6.45) is 4.64. The van der Waals surface area contributed by atoms with Crippen LogP contribution in [0, 0.1) is 10.8 Å². The summed E-state index contributed by atoms with van der Waals surface area (Å²) in [6, 6.07) is 16.5. The minimum Gasteiger partial charge on any atom is -0.481 e. The summed E-state index contributed by atoms with van der Waals surface area (Å²) in [5.74, 6) is -0.649. The summed E-state index contributed by atoms with van der Waals surface area (Å²) in [5.41, 5.74) is 4.09. The summed E-state index contributed by atoms with van der Waals surface area (Å²) < 4.78 is 0.0886. The van der Waals surface area contributed by atoms with E-state index in [1.165, 1.54) is 22.3 Å². The van der Waals surface area contributed by atoms with Gasteiger partial charge in [0.15, 0.2) is 0 Å². The lowest BCUT2D eigenvalue weighted by molar-refractivity contribution is -0.138. The lowest BCUT2D eigenvalue weighted by atomic mass is 9.72. The van der Waals surface area contributed by atoms with Crippen molar-refractivity contribution in [2.24, 2.45) is 10.8 Å². The Hall–Kier alpha value is -2.98. The van der Waals surface area contributed by atoms with Crippen LogP contribution < -0.4 is 10.6 Å². The number of carboxylic acid groups (broad SMARTS) is 2. The van der Waals surface area contributed by atoms with Crippen molar-refractivity contribution in [1.29, 1.82) is 0 Å². The number of hydrogen-bond acceptors (Lipinski definition) is 6. The van der Waals surface area contributed by atoms with Gasteiger partial charge in [-0.2, -0.15) is 24.4 Å². The molecule has 0 saturated carbocycles. The lowest BCUT2D eigenvalue weighted by Crippen LogP contribution is -2.47. The Morgan fingerprint density at radius 1 is 0.750 bits per heavy atom. The second-order valence-electron chi connectivity index (χ2n) is 12.8. The third kappa shape index (κ3) is 10.0. The average Bonchev–Trinajstić information content (AvgIpc) is 2.99. The molecule has 0 bridgehead atoms. The second-order valence-corrected chi connectivity index (χ2v) is 14.9. The number of amides is 2. The van der Waals surface area contributed by atoms with Gasteiger partial charge in [0.25, 0.3) is 0 Å². The molecular weight excluding hydrogens is 597 g/mol. The Bertz CT molecular complexity index is 1330. The molecule has 0 fully saturated rings. The van der Waals surface area contributed by atoms with Crippen LogP contribution in [0.2, 0.25) is 0 Å². The molecule has 44 heavy (non-hydrogen) atoms. The molecule has 2 aliphatic rings. The van der Waals surface area contributed by atoms with Gasteiger partial charge in [-0.05, 0) is 60.8 Å². The maximum absolute atomic E-state index is 12.9. The van der Waals surface area contributed by atoms with Crippen LogP contribution in [0.3, 0.4) is 0 Å². The highest BCUT2D eigenvalue weighted by Gasteiger charge is 2.42. The highest BCUT2D eigenvalue weighted by molar-refractivity contribution is 8.00. The van der Waals surface area contributed by atoms with Crippen LogP contribution in [0.15, 0.2) is 48.5 Å². The van der Waals surface area contributed by atoms with Crippen LogP contribution in [0.25, 0.3) is 0 Å². The van der Waals surface area contributed by atoms with E-state index < -0.39 is 22.8 Å². The van der Waals surface area contributed by atoms with Gasteiger partial charge in [0.1, 0.15) is 0 Å². The molecule has 10 heteroatoms. The molecule has 8 nitrogen and oxygen atoms in total. The van der Waals surface area contributed by atoms with E-state index in [4.69, 9.17) is 10.2 Å². The fraction of sp³-hybridized carbons (Fsp3) is 0.529. The SMILES string of the molecule is CC(C)(C)SCC1(C(=O)NCCC(=O)O)CCc2ccccc2C1.O=C(O)CCNC(=O)C1(CS)CCc2ccccc2C1. The molecule has 2 atom stereocenters. The van der Waals surface area contributed by atoms with Crippen LogP contribution in [-0.4, -0.2) is 63.3 Å². The number of carbonyl (C=O) groups excluding carboxylic acids is 2. The highest BCUT2D eigenvalue weighted by Crippen LogP contribution is 2.41. The van der Waals surface area contributed by atoms with Gasteiger partial charge in [-0.15, -0.1) is 0 Å². The molecule has 2 unspecified atom stereocenters. The molecule has 2 aromatic rings. The van der Waals surface area contributed by atoms with Gasteiger partial charge in [-0.25, -0.2) is 0 Å². The van der Waals surface area contributed by atoms with Crippen LogP contribution in [0.4, 0.5) is 0 Å². The fourth-order valence-electron chi connectivity index (χ4n) is 5.68. The summed E-state index contributed by atoms with van der Waals surface area (Å²) in [5, 5.41) is 23.0. The minimum atomic E-state index is -0.904. The van der Waals surface area contributed by atoms with E-state index in [1.54, 1.807) is 11.8 Å². The molecule has 240 valence electrons. The summed E-state index contributed by atoms with van der Waals surface area (Å²) in [6.45, 7) is 6.84. The van der Waals surface area contributed by atoms with Crippen LogP contribution in [0.1, 0.15) is 68.7 Å². The van der Waals surface area contributed by atoms with Gasteiger partial charge in [0.2, 0.25) is 11.8 Å². The summed E-state index contributed by atoms with van der Waals surface area (Å²) in [4.78, 5) is 46.5. The maximum atomic E-state index is 12.9. The van der Waals surface area contributed by atoms with Crippen molar-refractivity contribution < 1.29 is 29.4 Å². The van der Waals surface area contributed by atoms with Crippen molar-refractivity contribution in [3.63, 3.8) is 0 Å². The van der Waals surface area contributed by atoms with Crippen molar-refractivity contribution in [2.45, 2.75) is 76.9 Å². The quantitative estimate of drug-likeness (QED) is 0.219. The Kier molecular flexibility index (Phi) is 12.8. The van der Waals surface area contributed by atoms with Crippen molar-refractivity contribution in [3.05, 3.63) is 70.8 Å². The standard InChI is InChI=1S/C19H27NO3S.C15H19NO3S/c1-18(2,3)24-13-19(17(23)20-11-9-16(21)22)10-8-14-6-4-5-7-15(14)12-19;17-13(18)6-8-16-14(19)15(10-20)7-5-11-3-1-2-4-12(11)9-15/h4-7H,8-13H2,1-3H3,(H,20,23)(H,21,22);1-4,20H,5-10H2,(H,16,19)(H,17,18). The van der Waals surface area contributed by atoms with Gasteiger partial charge in [-0.3, -0.25) is 19.2 Å². The van der Waals surface area contributed by atoms with Crippen LogP contribution in [-0.2, 0) is 44.9 Å². The predicted octanol–water partition coefficient (Wildman–Crippen LogP) is 4.97. The highest BCUT2D eigenvalue weighted by atomic mass is 32.2. The van der Waals surface area contributed by atoms with E-state index in [2.05, 4.69) is 68.3 Å². The number of hydrogen-bond donors (Lipinski definition) is 5. The molecule has 0 aromatic heterocycles. The Labute approximate surface area is 270 Å². The Morgan fingerprint density at radius 3 is 1.59 bits per heavy atom. The number of carbonyl (C=O) groups is 4.